The van der Waals surface area contributed by atoms with Crippen molar-refractivity contribution in [2.45, 2.75) is 19.4 Å². The normalized spacial score (nSPS) is 15.3. The number of ether oxygens (including phenoxy) is 1. The first kappa shape index (κ1) is 16.3. The number of piperidine rings is 1. The molecule has 0 N–H and O–H groups in total. The smallest absolute Gasteiger partial charge is 0.410 e. The van der Waals surface area contributed by atoms with Crippen LogP contribution in [-0.2, 0) is 25.7 Å². The van der Waals surface area contributed by atoms with Crippen molar-refractivity contribution >= 4 is 21.9 Å². The Balaban J connectivity index is 1.77. The van der Waals surface area contributed by atoms with E-state index in [1.54, 1.807) is 4.90 Å². The highest BCUT2D eigenvalue weighted by molar-refractivity contribution is 7.85. The molecule has 1 fully saturated rings. The van der Waals surface area contributed by atoms with Crippen LogP contribution in [0.5, 0.6) is 0 Å². The molecule has 1 amide bonds. The van der Waals surface area contributed by atoms with Crippen LogP contribution in [0.1, 0.15) is 18.4 Å². The average molecular weight is 326 g/mol. The quantitative estimate of drug-likeness (QED) is 0.787. The van der Waals surface area contributed by atoms with Crippen LogP contribution in [0, 0.1) is 0 Å². The summed E-state index contributed by atoms with van der Waals surface area (Å²) in [4.78, 5) is 13.5. The van der Waals surface area contributed by atoms with Gasteiger partial charge in [-0.15, -0.1) is 0 Å². The number of carbonyl (C=O) groups is 1. The summed E-state index contributed by atoms with van der Waals surface area (Å²) in [6.45, 7) is 1.09. The second kappa shape index (κ2) is 7.26. The van der Waals surface area contributed by atoms with E-state index in [9.17, 15) is 13.2 Å². The molecule has 0 spiro atoms. The van der Waals surface area contributed by atoms with Gasteiger partial charge in [-0.3, -0.25) is 4.28 Å². The number of nitrogens with zero attached hydrogens (tertiary/aromatic N) is 2. The number of benzene rings is 1. The summed E-state index contributed by atoms with van der Waals surface area (Å²) in [5, 5.41) is 3.59. The van der Waals surface area contributed by atoms with Crippen molar-refractivity contribution < 1.29 is 22.2 Å². The summed E-state index contributed by atoms with van der Waals surface area (Å²) < 4.78 is 31.3. The van der Waals surface area contributed by atoms with Crippen molar-refractivity contribution in [3.63, 3.8) is 0 Å². The summed E-state index contributed by atoms with van der Waals surface area (Å²) in [5.74, 6) is 0. The van der Waals surface area contributed by atoms with Crippen LogP contribution in [-0.4, -0.2) is 44.5 Å². The fourth-order valence-electron chi connectivity index (χ4n) is 1.97. The highest BCUT2D eigenvalue weighted by atomic mass is 32.2. The van der Waals surface area contributed by atoms with Gasteiger partial charge in [-0.05, 0) is 5.56 Å². The van der Waals surface area contributed by atoms with E-state index >= 15 is 0 Å². The van der Waals surface area contributed by atoms with E-state index in [0.717, 1.165) is 11.8 Å². The number of hydrogen-bond acceptors (Lipinski definition) is 6. The number of rotatable bonds is 4. The van der Waals surface area contributed by atoms with Crippen molar-refractivity contribution in [1.82, 2.24) is 4.90 Å². The number of oxime groups is 1. The molecular weight excluding hydrogens is 308 g/mol. The van der Waals surface area contributed by atoms with Gasteiger partial charge in [0.2, 0.25) is 0 Å². The molecule has 1 aliphatic rings. The van der Waals surface area contributed by atoms with Crippen molar-refractivity contribution in [2.75, 3.05) is 19.3 Å². The van der Waals surface area contributed by atoms with E-state index in [4.69, 9.17) is 4.74 Å². The standard InChI is InChI=1S/C14H18N2O5S/c1-22(18,19)21-15-13-7-9-16(10-8-13)14(17)20-11-12-5-3-2-4-6-12/h2-6H,7-11H2,1H3. The SMILES string of the molecule is CS(=O)(=O)ON=C1CCN(C(=O)OCc2ccccc2)CC1. The molecule has 0 saturated carbocycles. The van der Waals surface area contributed by atoms with Crippen LogP contribution < -0.4 is 0 Å². The monoisotopic (exact) mass is 326 g/mol. The molecule has 120 valence electrons. The van der Waals surface area contributed by atoms with Gasteiger partial charge in [0.05, 0.1) is 12.0 Å². The summed E-state index contributed by atoms with van der Waals surface area (Å²) in [6.07, 6.45) is 1.49. The van der Waals surface area contributed by atoms with Crippen molar-refractivity contribution in [3.05, 3.63) is 35.9 Å². The maximum atomic E-state index is 11.9. The molecule has 7 nitrogen and oxygen atoms in total. The van der Waals surface area contributed by atoms with E-state index in [0.29, 0.717) is 31.6 Å². The lowest BCUT2D eigenvalue weighted by Crippen LogP contribution is -2.39. The predicted molar refractivity (Wildman–Crippen MR) is 80.8 cm³/mol. The van der Waals surface area contributed by atoms with Crippen molar-refractivity contribution in [3.8, 4) is 0 Å². The van der Waals surface area contributed by atoms with Crippen LogP contribution >= 0.6 is 0 Å². The lowest BCUT2D eigenvalue weighted by molar-refractivity contribution is 0.0958. The van der Waals surface area contributed by atoms with Crippen LogP contribution in [0.15, 0.2) is 35.5 Å². The van der Waals surface area contributed by atoms with Crippen molar-refractivity contribution in [2.24, 2.45) is 5.16 Å². The molecule has 2 rings (SSSR count). The molecule has 1 saturated heterocycles. The molecule has 1 aliphatic heterocycles. The topological polar surface area (TPSA) is 85.3 Å². The third-order valence-electron chi connectivity index (χ3n) is 3.11. The Morgan fingerprint density at radius 2 is 1.86 bits per heavy atom. The van der Waals surface area contributed by atoms with Crippen LogP contribution in [0.3, 0.4) is 0 Å². The molecule has 0 radical (unpaired) electrons. The van der Waals surface area contributed by atoms with Gasteiger partial charge in [-0.25, -0.2) is 4.79 Å². The molecule has 0 aliphatic carbocycles. The first-order chi connectivity index (χ1) is 10.4. The van der Waals surface area contributed by atoms with Crippen LogP contribution in [0.4, 0.5) is 4.79 Å². The Morgan fingerprint density at radius 3 is 2.45 bits per heavy atom. The Hall–Kier alpha value is -2.09. The number of likely N-dealkylation sites (tertiary alicyclic amines) is 1. The predicted octanol–water partition coefficient (Wildman–Crippen LogP) is 1.75. The second-order valence-corrected chi connectivity index (χ2v) is 6.52. The number of carbonyl (C=O) groups excluding carboxylic acids is 1. The zero-order chi connectivity index (χ0) is 16.0. The van der Waals surface area contributed by atoms with Gasteiger partial charge >= 0.3 is 16.2 Å². The van der Waals surface area contributed by atoms with E-state index < -0.39 is 10.1 Å². The van der Waals surface area contributed by atoms with Gasteiger partial charge in [-0.1, -0.05) is 35.5 Å². The van der Waals surface area contributed by atoms with Gasteiger partial charge in [0, 0.05) is 25.9 Å². The first-order valence-corrected chi connectivity index (χ1v) is 8.66. The summed E-state index contributed by atoms with van der Waals surface area (Å²) in [7, 11) is -3.59. The molecule has 0 bridgehead atoms. The van der Waals surface area contributed by atoms with E-state index in [1.165, 1.54) is 0 Å². The van der Waals surface area contributed by atoms with Crippen LogP contribution in [0.2, 0.25) is 0 Å². The molecule has 1 heterocycles. The highest BCUT2D eigenvalue weighted by Gasteiger charge is 2.21. The van der Waals surface area contributed by atoms with Crippen LogP contribution in [0.25, 0.3) is 0 Å². The lowest BCUT2D eigenvalue weighted by Gasteiger charge is -2.26. The minimum absolute atomic E-state index is 0.230. The van der Waals surface area contributed by atoms with Gasteiger partial charge in [0.25, 0.3) is 0 Å². The third kappa shape index (κ3) is 5.36. The summed E-state index contributed by atoms with van der Waals surface area (Å²) in [5.41, 5.74) is 1.55. The van der Waals surface area contributed by atoms with Gasteiger partial charge in [0.1, 0.15) is 6.61 Å². The molecule has 22 heavy (non-hydrogen) atoms. The maximum Gasteiger partial charge on any atom is 0.410 e. The third-order valence-corrected chi connectivity index (χ3v) is 3.45. The molecular formula is C14H18N2O5S. The Bertz CT molecular complexity index is 632. The summed E-state index contributed by atoms with van der Waals surface area (Å²) >= 11 is 0. The Labute approximate surface area is 129 Å². The molecule has 1 aromatic carbocycles. The molecule has 0 unspecified atom stereocenters. The van der Waals surface area contributed by atoms with Gasteiger partial charge in [-0.2, -0.15) is 8.42 Å². The zero-order valence-corrected chi connectivity index (χ0v) is 13.1. The Morgan fingerprint density at radius 1 is 1.23 bits per heavy atom. The lowest BCUT2D eigenvalue weighted by atomic mass is 10.1. The van der Waals surface area contributed by atoms with Crippen molar-refractivity contribution in [1.29, 1.82) is 0 Å². The summed E-state index contributed by atoms with van der Waals surface area (Å²) in [6, 6.07) is 9.44. The zero-order valence-electron chi connectivity index (χ0n) is 12.3. The highest BCUT2D eigenvalue weighted by Crippen LogP contribution is 2.11. The number of hydrogen-bond donors (Lipinski definition) is 0. The fraction of sp³-hybridized carbons (Fsp3) is 0.429. The molecule has 0 atom stereocenters. The average Bonchev–Trinajstić information content (AvgIpc) is 2.51. The van der Waals surface area contributed by atoms with Gasteiger partial charge in [0.15, 0.2) is 0 Å². The molecule has 1 aromatic rings. The van der Waals surface area contributed by atoms with E-state index in [-0.39, 0.29) is 12.7 Å². The largest absolute Gasteiger partial charge is 0.445 e. The van der Waals surface area contributed by atoms with E-state index in [2.05, 4.69) is 9.44 Å². The maximum absolute atomic E-state index is 11.9. The minimum Gasteiger partial charge on any atom is -0.445 e. The second-order valence-electron chi connectivity index (χ2n) is 4.96. The number of amides is 1. The van der Waals surface area contributed by atoms with Gasteiger partial charge < -0.3 is 9.64 Å². The van der Waals surface area contributed by atoms with E-state index in [1.807, 2.05) is 30.3 Å². The molecule has 0 aromatic heterocycles. The Kier molecular flexibility index (Phi) is 5.37. The fourth-order valence-corrected chi connectivity index (χ4v) is 2.21. The first-order valence-electron chi connectivity index (χ1n) is 6.84. The molecule has 8 heteroatoms. The minimum atomic E-state index is -3.59.